The van der Waals surface area contributed by atoms with Gasteiger partial charge in [-0.3, -0.25) is 4.79 Å². The highest BCUT2D eigenvalue weighted by Gasteiger charge is 2.20. The fraction of sp³-hybridized carbons (Fsp3) is 0.533. The number of carbonyl (C=O) groups is 1. The lowest BCUT2D eigenvalue weighted by atomic mass is 9.95. The summed E-state index contributed by atoms with van der Waals surface area (Å²) in [6.45, 7) is 6.39. The normalized spacial score (nSPS) is 12.4. The Morgan fingerprint density at radius 1 is 1.37 bits per heavy atom. The van der Waals surface area contributed by atoms with E-state index in [9.17, 15) is 4.79 Å². The number of aryl methyl sites for hydroxylation is 1. The van der Waals surface area contributed by atoms with Crippen LogP contribution >= 0.6 is 0 Å². The third-order valence-corrected chi connectivity index (χ3v) is 3.38. The van der Waals surface area contributed by atoms with Crippen molar-refractivity contribution in [1.29, 1.82) is 0 Å². The Bertz CT molecular complexity index is 441. The molecule has 0 bridgehead atoms. The summed E-state index contributed by atoms with van der Waals surface area (Å²) in [6.07, 6.45) is 0. The molecule has 0 fully saturated rings. The number of nitrogens with one attached hydrogen (secondary N) is 1. The summed E-state index contributed by atoms with van der Waals surface area (Å²) >= 11 is 0. The maximum atomic E-state index is 12.2. The van der Waals surface area contributed by atoms with Gasteiger partial charge in [-0.1, -0.05) is 13.8 Å². The van der Waals surface area contributed by atoms with Crippen LogP contribution in [0.4, 0.5) is 11.4 Å². The quantitative estimate of drug-likeness (QED) is 0.856. The minimum Gasteiger partial charge on any atom is -0.378 e. The van der Waals surface area contributed by atoms with E-state index in [0.717, 1.165) is 16.9 Å². The first-order valence-electron chi connectivity index (χ1n) is 6.65. The Morgan fingerprint density at radius 3 is 2.42 bits per heavy atom. The molecule has 0 saturated carbocycles. The largest absolute Gasteiger partial charge is 0.378 e. The smallest absolute Gasteiger partial charge is 0.229 e. The molecule has 0 spiro atoms. The van der Waals surface area contributed by atoms with Gasteiger partial charge >= 0.3 is 0 Å². The van der Waals surface area contributed by atoms with Gasteiger partial charge in [0.05, 0.1) is 5.92 Å². The van der Waals surface area contributed by atoms with E-state index < -0.39 is 0 Å². The number of rotatable bonds is 5. The van der Waals surface area contributed by atoms with Crippen LogP contribution in [-0.4, -0.2) is 26.5 Å². The van der Waals surface area contributed by atoms with Gasteiger partial charge in [0.1, 0.15) is 0 Å². The van der Waals surface area contributed by atoms with Gasteiger partial charge in [-0.05, 0) is 36.6 Å². The van der Waals surface area contributed by atoms with Gasteiger partial charge in [0.25, 0.3) is 0 Å². The van der Waals surface area contributed by atoms with Crippen LogP contribution in [0, 0.1) is 18.8 Å². The molecular weight excluding hydrogens is 238 g/mol. The molecule has 1 aromatic carbocycles. The lowest BCUT2D eigenvalue weighted by molar-refractivity contribution is -0.120. The van der Waals surface area contributed by atoms with Crippen molar-refractivity contribution in [3.63, 3.8) is 0 Å². The first-order valence-corrected chi connectivity index (χ1v) is 6.65. The van der Waals surface area contributed by atoms with E-state index in [2.05, 4.69) is 11.4 Å². The van der Waals surface area contributed by atoms with Gasteiger partial charge in [0.2, 0.25) is 5.91 Å². The lowest BCUT2D eigenvalue weighted by Crippen LogP contribution is -2.33. The third kappa shape index (κ3) is 3.96. The summed E-state index contributed by atoms with van der Waals surface area (Å²) < 4.78 is 0. The molecule has 106 valence electrons. The Balaban J connectivity index is 2.85. The molecule has 0 aliphatic carbocycles. The summed E-state index contributed by atoms with van der Waals surface area (Å²) in [6, 6.07) is 5.99. The van der Waals surface area contributed by atoms with Crippen LogP contribution in [0.5, 0.6) is 0 Å². The molecule has 0 heterocycles. The molecule has 0 aliphatic heterocycles. The van der Waals surface area contributed by atoms with Crippen LogP contribution in [0.2, 0.25) is 0 Å². The number of benzene rings is 1. The monoisotopic (exact) mass is 263 g/mol. The Hall–Kier alpha value is -1.55. The van der Waals surface area contributed by atoms with Crippen LogP contribution in [0.1, 0.15) is 19.4 Å². The number of carbonyl (C=O) groups excluding carboxylic acids is 1. The molecule has 1 atom stereocenters. The second-order valence-corrected chi connectivity index (χ2v) is 5.47. The molecule has 0 radical (unpaired) electrons. The van der Waals surface area contributed by atoms with Gasteiger partial charge in [-0.25, -0.2) is 0 Å². The van der Waals surface area contributed by atoms with Crippen molar-refractivity contribution in [2.45, 2.75) is 20.8 Å². The molecule has 1 unspecified atom stereocenters. The Labute approximate surface area is 116 Å². The van der Waals surface area contributed by atoms with E-state index in [4.69, 9.17) is 5.73 Å². The number of anilines is 2. The minimum atomic E-state index is -0.145. The van der Waals surface area contributed by atoms with Crippen LogP contribution in [0.15, 0.2) is 18.2 Å². The van der Waals surface area contributed by atoms with Crippen LogP contribution in [-0.2, 0) is 4.79 Å². The van der Waals surface area contributed by atoms with Gasteiger partial charge in [0.15, 0.2) is 0 Å². The van der Waals surface area contributed by atoms with E-state index in [0.29, 0.717) is 6.54 Å². The van der Waals surface area contributed by atoms with Crippen LogP contribution in [0.3, 0.4) is 0 Å². The fourth-order valence-corrected chi connectivity index (χ4v) is 1.97. The van der Waals surface area contributed by atoms with Gasteiger partial charge in [0, 0.05) is 32.0 Å². The molecule has 0 aliphatic rings. The summed E-state index contributed by atoms with van der Waals surface area (Å²) in [5.41, 5.74) is 8.69. The third-order valence-electron chi connectivity index (χ3n) is 3.38. The standard InChI is InChI=1S/C15H25N3O/c1-10(2)13(9-16)15(19)17-14-7-6-12(18(4)5)8-11(14)3/h6-8,10,13H,9,16H2,1-5H3,(H,17,19). The number of nitrogens with two attached hydrogens (primary N) is 1. The Morgan fingerprint density at radius 2 is 2.00 bits per heavy atom. The number of hydrogen-bond donors (Lipinski definition) is 2. The zero-order valence-corrected chi connectivity index (χ0v) is 12.5. The highest BCUT2D eigenvalue weighted by Crippen LogP contribution is 2.22. The first kappa shape index (κ1) is 15.5. The lowest BCUT2D eigenvalue weighted by Gasteiger charge is -2.20. The molecule has 1 amide bonds. The summed E-state index contributed by atoms with van der Waals surface area (Å²) in [4.78, 5) is 14.2. The summed E-state index contributed by atoms with van der Waals surface area (Å²) in [5, 5.41) is 2.97. The number of nitrogens with zero attached hydrogens (tertiary/aromatic N) is 1. The average Bonchev–Trinajstić information content (AvgIpc) is 2.31. The van der Waals surface area contributed by atoms with Crippen molar-refractivity contribution in [2.75, 3.05) is 30.9 Å². The van der Waals surface area contributed by atoms with Gasteiger partial charge in [-0.15, -0.1) is 0 Å². The van der Waals surface area contributed by atoms with Crippen molar-refractivity contribution in [2.24, 2.45) is 17.6 Å². The highest BCUT2D eigenvalue weighted by atomic mass is 16.1. The topological polar surface area (TPSA) is 58.4 Å². The minimum absolute atomic E-state index is 0.00166. The summed E-state index contributed by atoms with van der Waals surface area (Å²) in [7, 11) is 3.99. The molecule has 4 nitrogen and oxygen atoms in total. The molecule has 4 heteroatoms. The van der Waals surface area contributed by atoms with E-state index in [1.807, 2.05) is 51.9 Å². The van der Waals surface area contributed by atoms with Crippen molar-refractivity contribution >= 4 is 17.3 Å². The van der Waals surface area contributed by atoms with E-state index in [1.54, 1.807) is 0 Å². The molecule has 19 heavy (non-hydrogen) atoms. The maximum Gasteiger partial charge on any atom is 0.229 e. The highest BCUT2D eigenvalue weighted by molar-refractivity contribution is 5.93. The second-order valence-electron chi connectivity index (χ2n) is 5.47. The molecule has 1 aromatic rings. The van der Waals surface area contributed by atoms with Gasteiger partial charge < -0.3 is 16.0 Å². The van der Waals surface area contributed by atoms with Crippen LogP contribution in [0.25, 0.3) is 0 Å². The fourth-order valence-electron chi connectivity index (χ4n) is 1.97. The van der Waals surface area contributed by atoms with Crippen LogP contribution < -0.4 is 16.0 Å². The zero-order valence-electron chi connectivity index (χ0n) is 12.5. The van der Waals surface area contributed by atoms with Crippen molar-refractivity contribution in [3.8, 4) is 0 Å². The average molecular weight is 263 g/mol. The van der Waals surface area contributed by atoms with E-state index in [-0.39, 0.29) is 17.7 Å². The van der Waals surface area contributed by atoms with Crippen molar-refractivity contribution in [3.05, 3.63) is 23.8 Å². The predicted octanol–water partition coefficient (Wildman–Crippen LogP) is 2.23. The molecular formula is C15H25N3O. The maximum absolute atomic E-state index is 12.2. The zero-order chi connectivity index (χ0) is 14.6. The van der Waals surface area contributed by atoms with Crippen molar-refractivity contribution in [1.82, 2.24) is 0 Å². The molecule has 0 saturated heterocycles. The molecule has 0 aromatic heterocycles. The molecule has 3 N–H and O–H groups in total. The predicted molar refractivity (Wildman–Crippen MR) is 81.5 cm³/mol. The Kier molecular flexibility index (Phi) is 5.36. The second kappa shape index (κ2) is 6.57. The van der Waals surface area contributed by atoms with E-state index in [1.165, 1.54) is 0 Å². The van der Waals surface area contributed by atoms with Gasteiger partial charge in [-0.2, -0.15) is 0 Å². The molecule has 1 rings (SSSR count). The number of hydrogen-bond acceptors (Lipinski definition) is 3. The first-order chi connectivity index (χ1) is 8.86. The number of amides is 1. The van der Waals surface area contributed by atoms with E-state index >= 15 is 0 Å². The van der Waals surface area contributed by atoms with Crippen molar-refractivity contribution < 1.29 is 4.79 Å². The summed E-state index contributed by atoms with van der Waals surface area (Å²) in [5.74, 6) is 0.0949. The SMILES string of the molecule is Cc1cc(N(C)C)ccc1NC(=O)C(CN)C(C)C.